The highest BCUT2D eigenvalue weighted by atomic mass is 32.1. The fourth-order valence-electron chi connectivity index (χ4n) is 3.98. The number of benzene rings is 3. The molecule has 0 aliphatic heterocycles. The van der Waals surface area contributed by atoms with Crippen molar-refractivity contribution in [1.82, 2.24) is 5.32 Å². The zero-order chi connectivity index (χ0) is 23.4. The van der Waals surface area contributed by atoms with E-state index in [1.54, 1.807) is 36.1 Å². The molecule has 0 spiro atoms. The van der Waals surface area contributed by atoms with E-state index >= 15 is 0 Å². The average Bonchev–Trinajstić information content (AvgIpc) is 3.20. The molecule has 0 bridgehead atoms. The highest BCUT2D eigenvalue weighted by Gasteiger charge is 2.21. The van der Waals surface area contributed by atoms with Crippen molar-refractivity contribution >= 4 is 35.1 Å². The van der Waals surface area contributed by atoms with Gasteiger partial charge in [-0.05, 0) is 77.6 Å². The fourth-order valence-corrected chi connectivity index (χ4v) is 4.23. The number of thiocarbonyl (C=S) groups is 1. The van der Waals surface area contributed by atoms with Crippen molar-refractivity contribution in [1.29, 1.82) is 0 Å². The quantitative estimate of drug-likeness (QED) is 0.331. The Morgan fingerprint density at radius 2 is 1.73 bits per heavy atom. The Morgan fingerprint density at radius 1 is 1.00 bits per heavy atom. The van der Waals surface area contributed by atoms with Crippen LogP contribution >= 0.6 is 12.2 Å². The molecule has 6 nitrogen and oxygen atoms in total. The predicted molar refractivity (Wildman–Crippen MR) is 131 cm³/mol. The Hall–Kier alpha value is -3.71. The Bertz CT molecular complexity index is 1210. The molecule has 3 aromatic rings. The molecule has 33 heavy (non-hydrogen) atoms. The van der Waals surface area contributed by atoms with E-state index < -0.39 is 12.1 Å². The van der Waals surface area contributed by atoms with Crippen molar-refractivity contribution in [2.45, 2.75) is 19.9 Å². The van der Waals surface area contributed by atoms with Gasteiger partial charge in [0.05, 0.1) is 25.8 Å². The number of rotatable bonds is 5. The van der Waals surface area contributed by atoms with E-state index in [-0.39, 0.29) is 11.7 Å². The van der Waals surface area contributed by atoms with Gasteiger partial charge in [0.1, 0.15) is 0 Å². The molecule has 1 amide bonds. The number of esters is 1. The zero-order valence-electron chi connectivity index (χ0n) is 18.5. The lowest BCUT2D eigenvalue weighted by Gasteiger charge is -2.26. The van der Waals surface area contributed by atoms with Gasteiger partial charge in [0.2, 0.25) is 0 Å². The van der Waals surface area contributed by atoms with Gasteiger partial charge < -0.3 is 14.4 Å². The highest BCUT2D eigenvalue weighted by molar-refractivity contribution is 7.80. The van der Waals surface area contributed by atoms with Gasteiger partial charge in [-0.25, -0.2) is 9.59 Å². The van der Waals surface area contributed by atoms with Crippen LogP contribution in [0, 0.1) is 0 Å². The number of anilines is 1. The molecule has 4 rings (SSSR count). The number of nitrogens with zero attached hydrogens (tertiary/aromatic N) is 1. The second-order valence-electron chi connectivity index (χ2n) is 7.60. The molecule has 0 saturated carbocycles. The van der Waals surface area contributed by atoms with Gasteiger partial charge in [0, 0.05) is 5.69 Å². The molecular formula is C26H24N2O4S. The topological polar surface area (TPSA) is 67.9 Å². The van der Waals surface area contributed by atoms with Crippen molar-refractivity contribution in [2.24, 2.45) is 0 Å². The first-order chi connectivity index (χ1) is 16.0. The summed E-state index contributed by atoms with van der Waals surface area (Å²) in [5.41, 5.74) is 7.31. The first-order valence-electron chi connectivity index (χ1n) is 10.6. The summed E-state index contributed by atoms with van der Waals surface area (Å²) in [5.74, 6) is -0.418. The molecule has 0 unspecified atom stereocenters. The minimum atomic E-state index is -0.608. The molecule has 0 aromatic heterocycles. The minimum absolute atomic E-state index is 0.211. The first-order valence-corrected chi connectivity index (χ1v) is 11.0. The van der Waals surface area contributed by atoms with Gasteiger partial charge in [-0.1, -0.05) is 42.5 Å². The largest absolute Gasteiger partial charge is 0.465 e. The third-order valence-electron chi connectivity index (χ3n) is 5.53. The van der Waals surface area contributed by atoms with Crippen LogP contribution in [-0.4, -0.2) is 30.9 Å². The van der Waals surface area contributed by atoms with Crippen molar-refractivity contribution < 1.29 is 19.1 Å². The van der Waals surface area contributed by atoms with E-state index in [0.717, 1.165) is 17.7 Å². The third-order valence-corrected chi connectivity index (χ3v) is 5.85. The maximum Gasteiger partial charge on any atom is 0.413 e. The summed E-state index contributed by atoms with van der Waals surface area (Å²) in [5, 5.41) is 2.83. The SMILES string of the molecule is CCOC(=O)NC(=S)N(Cc1ccc2c(c1)Cc1ccccc1-2)c1ccc(C(=O)OC)cc1. The van der Waals surface area contributed by atoms with E-state index in [2.05, 4.69) is 47.8 Å². The standard InChI is InChI=1S/C26H24N2O4S/c1-3-32-26(30)27-25(33)28(21-11-9-18(10-12-21)24(29)31-2)16-17-8-13-23-20(14-17)15-19-6-4-5-7-22(19)23/h4-14H,3,15-16H2,1-2H3,(H,27,30,33). The fraction of sp³-hybridized carbons (Fsp3) is 0.192. The van der Waals surface area contributed by atoms with Crippen LogP contribution in [0.3, 0.4) is 0 Å². The van der Waals surface area contributed by atoms with Crippen molar-refractivity contribution in [3.05, 3.63) is 89.0 Å². The van der Waals surface area contributed by atoms with Crippen LogP contribution in [0.4, 0.5) is 10.5 Å². The predicted octanol–water partition coefficient (Wildman–Crippen LogP) is 5.08. The summed E-state index contributed by atoms with van der Waals surface area (Å²) in [6.07, 6.45) is 0.279. The number of methoxy groups -OCH3 is 1. The van der Waals surface area contributed by atoms with Gasteiger partial charge in [-0.3, -0.25) is 5.32 Å². The van der Waals surface area contributed by atoms with E-state index in [4.69, 9.17) is 21.7 Å². The number of fused-ring (bicyclic) bond motifs is 3. The summed E-state index contributed by atoms with van der Waals surface area (Å²) in [7, 11) is 1.34. The zero-order valence-corrected chi connectivity index (χ0v) is 19.3. The summed E-state index contributed by atoms with van der Waals surface area (Å²) < 4.78 is 9.76. The molecule has 7 heteroatoms. The molecule has 0 atom stereocenters. The summed E-state index contributed by atoms with van der Waals surface area (Å²) in [6, 6.07) is 21.7. The molecular weight excluding hydrogens is 436 g/mol. The summed E-state index contributed by atoms with van der Waals surface area (Å²) in [6.45, 7) is 2.41. The van der Waals surface area contributed by atoms with E-state index in [0.29, 0.717) is 12.1 Å². The Balaban J connectivity index is 1.61. The first kappa shape index (κ1) is 22.5. The number of nitrogens with one attached hydrogen (secondary N) is 1. The molecule has 3 aromatic carbocycles. The summed E-state index contributed by atoms with van der Waals surface area (Å²) in [4.78, 5) is 25.6. The van der Waals surface area contributed by atoms with Crippen LogP contribution in [-0.2, 0) is 22.4 Å². The smallest absolute Gasteiger partial charge is 0.413 e. The number of hydrogen-bond acceptors (Lipinski definition) is 5. The second-order valence-corrected chi connectivity index (χ2v) is 7.99. The monoisotopic (exact) mass is 460 g/mol. The number of alkyl carbamates (subject to hydrolysis) is 1. The minimum Gasteiger partial charge on any atom is -0.465 e. The van der Waals surface area contributed by atoms with Gasteiger partial charge in [-0.2, -0.15) is 0 Å². The number of carbonyl (C=O) groups is 2. The molecule has 0 fully saturated rings. The lowest BCUT2D eigenvalue weighted by atomic mass is 10.0. The Labute approximate surface area is 198 Å². The Morgan fingerprint density at radius 3 is 2.45 bits per heavy atom. The maximum absolute atomic E-state index is 12.0. The third kappa shape index (κ3) is 4.88. The van der Waals surface area contributed by atoms with Crippen LogP contribution in [0.2, 0.25) is 0 Å². The van der Waals surface area contributed by atoms with Crippen LogP contribution in [0.5, 0.6) is 0 Å². The number of carbonyl (C=O) groups excluding carboxylic acids is 2. The lowest BCUT2D eigenvalue weighted by molar-refractivity contribution is 0.0600. The van der Waals surface area contributed by atoms with Crippen molar-refractivity contribution in [3.8, 4) is 11.1 Å². The number of amides is 1. The molecule has 1 aliphatic carbocycles. The highest BCUT2D eigenvalue weighted by Crippen LogP contribution is 2.37. The van der Waals surface area contributed by atoms with Crippen LogP contribution in [0.1, 0.15) is 34.0 Å². The van der Waals surface area contributed by atoms with E-state index in [1.165, 1.54) is 29.4 Å². The van der Waals surface area contributed by atoms with Crippen molar-refractivity contribution in [3.63, 3.8) is 0 Å². The van der Waals surface area contributed by atoms with Crippen molar-refractivity contribution in [2.75, 3.05) is 18.6 Å². The lowest BCUT2D eigenvalue weighted by Crippen LogP contribution is -2.42. The van der Waals surface area contributed by atoms with Crippen LogP contribution in [0.25, 0.3) is 11.1 Å². The molecule has 0 radical (unpaired) electrons. The Kier molecular flexibility index (Phi) is 6.70. The average molecular weight is 461 g/mol. The van der Waals surface area contributed by atoms with Crippen LogP contribution < -0.4 is 10.2 Å². The maximum atomic E-state index is 12.0. The molecule has 1 aliphatic rings. The van der Waals surface area contributed by atoms with Crippen LogP contribution in [0.15, 0.2) is 66.7 Å². The molecule has 0 saturated heterocycles. The second kappa shape index (κ2) is 9.83. The van der Waals surface area contributed by atoms with Gasteiger partial charge >= 0.3 is 12.1 Å². The molecule has 168 valence electrons. The number of hydrogen-bond donors (Lipinski definition) is 1. The molecule has 0 heterocycles. The van der Waals surface area contributed by atoms with Gasteiger partial charge in [0.15, 0.2) is 5.11 Å². The van der Waals surface area contributed by atoms with E-state index in [9.17, 15) is 9.59 Å². The summed E-state index contributed by atoms with van der Waals surface area (Å²) >= 11 is 5.53. The van der Waals surface area contributed by atoms with Gasteiger partial charge in [0.25, 0.3) is 0 Å². The number of ether oxygens (including phenoxy) is 2. The van der Waals surface area contributed by atoms with E-state index in [1.807, 2.05) is 0 Å². The van der Waals surface area contributed by atoms with Gasteiger partial charge in [-0.15, -0.1) is 0 Å². The normalized spacial score (nSPS) is 11.2. The molecule has 1 N–H and O–H groups in total.